The van der Waals surface area contributed by atoms with Crippen LogP contribution in [-0.2, 0) is 0 Å². The minimum absolute atomic E-state index is 0.654. The Labute approximate surface area is 137 Å². The molecule has 2 fully saturated rings. The Morgan fingerprint density at radius 2 is 1.83 bits per heavy atom. The van der Waals surface area contributed by atoms with Crippen molar-refractivity contribution in [1.82, 2.24) is 14.9 Å². The van der Waals surface area contributed by atoms with Gasteiger partial charge >= 0.3 is 0 Å². The molecule has 122 valence electrons. The molecule has 0 amide bonds. The average molecular weight is 312 g/mol. The monoisotopic (exact) mass is 312 g/mol. The number of anilines is 1. The van der Waals surface area contributed by atoms with E-state index < -0.39 is 0 Å². The van der Waals surface area contributed by atoms with E-state index >= 15 is 0 Å². The molecular formula is C18H24N4O. The van der Waals surface area contributed by atoms with Crippen LogP contribution >= 0.6 is 0 Å². The van der Waals surface area contributed by atoms with Gasteiger partial charge in [-0.25, -0.2) is 9.97 Å². The summed E-state index contributed by atoms with van der Waals surface area (Å²) in [4.78, 5) is 13.7. The summed E-state index contributed by atoms with van der Waals surface area (Å²) in [5, 5.41) is 0.991. The number of rotatable bonds is 3. The van der Waals surface area contributed by atoms with Gasteiger partial charge in [-0.2, -0.15) is 0 Å². The smallest absolute Gasteiger partial charge is 0.224 e. The Balaban J connectivity index is 1.51. The van der Waals surface area contributed by atoms with Gasteiger partial charge in [0.2, 0.25) is 5.88 Å². The SMILES string of the molecule is COc1ncnc2ccc(N3CCN(C4CCCC4)CC3)cc12. The third kappa shape index (κ3) is 2.85. The first-order chi connectivity index (χ1) is 11.3. The summed E-state index contributed by atoms with van der Waals surface area (Å²) >= 11 is 0. The fraction of sp³-hybridized carbons (Fsp3) is 0.556. The summed E-state index contributed by atoms with van der Waals surface area (Å²) in [6.07, 6.45) is 7.17. The number of benzene rings is 1. The number of hydrogen-bond donors (Lipinski definition) is 0. The molecular weight excluding hydrogens is 288 g/mol. The van der Waals surface area contributed by atoms with E-state index in [1.807, 2.05) is 0 Å². The Morgan fingerprint density at radius 3 is 2.57 bits per heavy atom. The molecule has 1 saturated heterocycles. The molecule has 0 spiro atoms. The van der Waals surface area contributed by atoms with Crippen LogP contribution in [0, 0.1) is 0 Å². The minimum Gasteiger partial charge on any atom is -0.480 e. The Kier molecular flexibility index (Phi) is 4.04. The number of piperazine rings is 1. The molecule has 1 aromatic carbocycles. The van der Waals surface area contributed by atoms with E-state index in [2.05, 4.69) is 38.0 Å². The molecule has 0 atom stereocenters. The van der Waals surface area contributed by atoms with E-state index in [4.69, 9.17) is 4.74 Å². The lowest BCUT2D eigenvalue weighted by atomic mass is 10.1. The lowest BCUT2D eigenvalue weighted by Gasteiger charge is -2.39. The zero-order valence-electron chi connectivity index (χ0n) is 13.7. The third-order valence-corrected chi connectivity index (χ3v) is 5.30. The van der Waals surface area contributed by atoms with Gasteiger partial charge in [0.25, 0.3) is 0 Å². The lowest BCUT2D eigenvalue weighted by Crippen LogP contribution is -2.49. The topological polar surface area (TPSA) is 41.5 Å². The molecule has 2 heterocycles. The second-order valence-corrected chi connectivity index (χ2v) is 6.55. The van der Waals surface area contributed by atoms with Crippen molar-refractivity contribution in [1.29, 1.82) is 0 Å². The second kappa shape index (κ2) is 6.32. The maximum atomic E-state index is 5.38. The molecule has 1 aliphatic heterocycles. The molecule has 23 heavy (non-hydrogen) atoms. The van der Waals surface area contributed by atoms with Crippen LogP contribution in [0.5, 0.6) is 5.88 Å². The van der Waals surface area contributed by atoms with Crippen molar-refractivity contribution in [3.8, 4) is 5.88 Å². The standard InChI is InChI=1S/C18H24N4O/c1-23-18-16-12-15(6-7-17(16)19-13-20-18)22-10-8-21(9-11-22)14-4-2-3-5-14/h6-7,12-14H,2-5,8-11H2,1H3. The maximum Gasteiger partial charge on any atom is 0.224 e. The molecule has 0 unspecified atom stereocenters. The van der Waals surface area contributed by atoms with Crippen molar-refractivity contribution in [2.75, 3.05) is 38.2 Å². The highest BCUT2D eigenvalue weighted by Gasteiger charge is 2.26. The van der Waals surface area contributed by atoms with Crippen molar-refractivity contribution >= 4 is 16.6 Å². The number of ether oxygens (including phenoxy) is 1. The molecule has 0 bridgehead atoms. The van der Waals surface area contributed by atoms with Gasteiger partial charge in [-0.15, -0.1) is 0 Å². The number of nitrogens with zero attached hydrogens (tertiary/aromatic N) is 4. The van der Waals surface area contributed by atoms with Crippen molar-refractivity contribution < 1.29 is 4.74 Å². The second-order valence-electron chi connectivity index (χ2n) is 6.55. The van der Waals surface area contributed by atoms with Crippen LogP contribution < -0.4 is 9.64 Å². The van der Waals surface area contributed by atoms with E-state index in [0.717, 1.165) is 30.0 Å². The van der Waals surface area contributed by atoms with E-state index in [1.165, 1.54) is 44.5 Å². The van der Waals surface area contributed by atoms with Gasteiger partial charge in [-0.05, 0) is 31.0 Å². The number of fused-ring (bicyclic) bond motifs is 1. The van der Waals surface area contributed by atoms with E-state index in [0.29, 0.717) is 5.88 Å². The van der Waals surface area contributed by atoms with E-state index in [-0.39, 0.29) is 0 Å². The van der Waals surface area contributed by atoms with Crippen LogP contribution in [0.25, 0.3) is 10.9 Å². The molecule has 5 nitrogen and oxygen atoms in total. The van der Waals surface area contributed by atoms with Crippen molar-refractivity contribution in [3.63, 3.8) is 0 Å². The van der Waals surface area contributed by atoms with Crippen LogP contribution in [0.4, 0.5) is 5.69 Å². The van der Waals surface area contributed by atoms with Crippen molar-refractivity contribution in [2.24, 2.45) is 0 Å². The molecule has 2 aliphatic rings. The van der Waals surface area contributed by atoms with Crippen molar-refractivity contribution in [3.05, 3.63) is 24.5 Å². The number of aromatic nitrogens is 2. The van der Waals surface area contributed by atoms with Gasteiger partial charge in [-0.1, -0.05) is 12.8 Å². The van der Waals surface area contributed by atoms with Crippen LogP contribution in [0.3, 0.4) is 0 Å². The lowest BCUT2D eigenvalue weighted by molar-refractivity contribution is 0.187. The molecule has 1 aliphatic carbocycles. The highest BCUT2D eigenvalue weighted by Crippen LogP contribution is 2.29. The molecule has 4 rings (SSSR count). The predicted molar refractivity (Wildman–Crippen MR) is 92.1 cm³/mol. The fourth-order valence-electron chi connectivity index (χ4n) is 3.99. The summed E-state index contributed by atoms with van der Waals surface area (Å²) in [5.41, 5.74) is 2.18. The van der Waals surface area contributed by atoms with Crippen LogP contribution in [0.1, 0.15) is 25.7 Å². The van der Waals surface area contributed by atoms with Crippen LogP contribution in [0.2, 0.25) is 0 Å². The maximum absolute atomic E-state index is 5.38. The summed E-state index contributed by atoms with van der Waals surface area (Å²) in [6, 6.07) is 7.24. The molecule has 1 saturated carbocycles. The van der Waals surface area contributed by atoms with E-state index in [1.54, 1.807) is 13.4 Å². The summed E-state index contributed by atoms with van der Waals surface area (Å²) in [5.74, 6) is 0.654. The van der Waals surface area contributed by atoms with Crippen LogP contribution in [0.15, 0.2) is 24.5 Å². The molecule has 0 N–H and O–H groups in total. The summed E-state index contributed by atoms with van der Waals surface area (Å²) in [6.45, 7) is 4.53. The van der Waals surface area contributed by atoms with E-state index in [9.17, 15) is 0 Å². The van der Waals surface area contributed by atoms with Gasteiger partial charge < -0.3 is 9.64 Å². The fourth-order valence-corrected chi connectivity index (χ4v) is 3.99. The third-order valence-electron chi connectivity index (χ3n) is 5.30. The highest BCUT2D eigenvalue weighted by atomic mass is 16.5. The molecule has 2 aromatic rings. The summed E-state index contributed by atoms with van der Waals surface area (Å²) in [7, 11) is 1.66. The molecule has 5 heteroatoms. The zero-order valence-corrected chi connectivity index (χ0v) is 13.7. The Morgan fingerprint density at radius 1 is 1.04 bits per heavy atom. The van der Waals surface area contributed by atoms with Gasteiger partial charge in [0.1, 0.15) is 6.33 Å². The number of hydrogen-bond acceptors (Lipinski definition) is 5. The normalized spacial score (nSPS) is 20.3. The quantitative estimate of drug-likeness (QED) is 0.871. The van der Waals surface area contributed by atoms with Gasteiger partial charge in [0, 0.05) is 37.9 Å². The van der Waals surface area contributed by atoms with Gasteiger partial charge in [0.15, 0.2) is 0 Å². The van der Waals surface area contributed by atoms with Crippen molar-refractivity contribution in [2.45, 2.75) is 31.7 Å². The molecule has 1 aromatic heterocycles. The Hall–Kier alpha value is -1.88. The number of methoxy groups -OCH3 is 1. The molecule has 0 radical (unpaired) electrons. The minimum atomic E-state index is 0.654. The largest absolute Gasteiger partial charge is 0.480 e. The first kappa shape index (κ1) is 14.7. The highest BCUT2D eigenvalue weighted by molar-refractivity contribution is 5.86. The first-order valence-corrected chi connectivity index (χ1v) is 8.63. The summed E-state index contributed by atoms with van der Waals surface area (Å²) < 4.78 is 5.38. The predicted octanol–water partition coefficient (Wildman–Crippen LogP) is 2.70. The van der Waals surface area contributed by atoms with Crippen LogP contribution in [-0.4, -0.2) is 54.2 Å². The first-order valence-electron chi connectivity index (χ1n) is 8.63. The average Bonchev–Trinajstić information content (AvgIpc) is 3.15. The van der Waals surface area contributed by atoms with Gasteiger partial charge in [0.05, 0.1) is 18.0 Å². The Bertz CT molecular complexity index is 676. The van der Waals surface area contributed by atoms with Gasteiger partial charge in [-0.3, -0.25) is 4.90 Å². The zero-order chi connectivity index (χ0) is 15.6.